The van der Waals surface area contributed by atoms with E-state index in [1.54, 1.807) is 10.9 Å². The van der Waals surface area contributed by atoms with Crippen LogP contribution in [0.15, 0.2) is 11.1 Å². The van der Waals surface area contributed by atoms with Crippen LogP contribution < -0.4 is 10.9 Å². The van der Waals surface area contributed by atoms with Gasteiger partial charge in [-0.1, -0.05) is 0 Å². The molecule has 0 saturated heterocycles. The minimum Gasteiger partial charge on any atom is -0.382 e. The van der Waals surface area contributed by atoms with Crippen molar-refractivity contribution in [3.63, 3.8) is 0 Å². The van der Waals surface area contributed by atoms with Gasteiger partial charge in [0.25, 0.3) is 5.56 Å². The molecule has 0 unspecified atom stereocenters. The van der Waals surface area contributed by atoms with Crippen molar-refractivity contribution >= 4 is 22.6 Å². The summed E-state index contributed by atoms with van der Waals surface area (Å²) in [5, 5.41) is 3.33. The summed E-state index contributed by atoms with van der Waals surface area (Å²) in [5.41, 5.74) is 0.844. The fraction of sp³-hybridized carbons (Fsp3) is 0.692. The van der Waals surface area contributed by atoms with Crippen LogP contribution in [0, 0.1) is 10.5 Å². The molecule has 0 atom stereocenters. The van der Waals surface area contributed by atoms with Crippen LogP contribution in [0.2, 0.25) is 0 Å². The molecule has 0 saturated carbocycles. The summed E-state index contributed by atoms with van der Waals surface area (Å²) >= 11 is 2.05. The van der Waals surface area contributed by atoms with Crippen LogP contribution in [0.1, 0.15) is 25.5 Å². The fourth-order valence-corrected chi connectivity index (χ4v) is 2.08. The molecule has 1 N–H and O–H groups in total. The van der Waals surface area contributed by atoms with E-state index >= 15 is 0 Å². The number of hydrogen-bond acceptors (Lipinski definition) is 4. The normalized spacial score (nSPS) is 10.9. The van der Waals surface area contributed by atoms with Crippen molar-refractivity contribution in [2.75, 3.05) is 26.3 Å². The molecule has 0 radical (unpaired) electrons. The average molecular weight is 379 g/mol. The van der Waals surface area contributed by atoms with Gasteiger partial charge < -0.3 is 10.1 Å². The Kier molecular flexibility index (Phi) is 8.24. The number of nitrogens with one attached hydrogen (secondary N) is 1. The van der Waals surface area contributed by atoms with Gasteiger partial charge in [-0.25, -0.2) is 4.98 Å². The smallest absolute Gasteiger partial charge is 0.267 e. The van der Waals surface area contributed by atoms with Crippen LogP contribution >= 0.6 is 22.6 Å². The molecule has 0 spiro atoms. The van der Waals surface area contributed by atoms with Gasteiger partial charge in [0.05, 0.1) is 15.6 Å². The third kappa shape index (κ3) is 6.01. The molecule has 5 nitrogen and oxygen atoms in total. The molecule has 0 bridgehead atoms. The van der Waals surface area contributed by atoms with Crippen molar-refractivity contribution in [3.05, 3.63) is 25.9 Å². The number of aromatic nitrogens is 2. The highest BCUT2D eigenvalue weighted by atomic mass is 127. The molecule has 0 fully saturated rings. The highest BCUT2D eigenvalue weighted by Crippen LogP contribution is 2.00. The Morgan fingerprint density at radius 1 is 1.42 bits per heavy atom. The van der Waals surface area contributed by atoms with E-state index in [0.717, 1.165) is 44.8 Å². The van der Waals surface area contributed by atoms with Gasteiger partial charge in [0.1, 0.15) is 0 Å². The fourth-order valence-electron chi connectivity index (χ4n) is 1.63. The van der Waals surface area contributed by atoms with Crippen molar-refractivity contribution in [1.29, 1.82) is 0 Å². The molecule has 1 rings (SSSR count). The summed E-state index contributed by atoms with van der Waals surface area (Å²) in [4.78, 5) is 16.1. The summed E-state index contributed by atoms with van der Waals surface area (Å²) in [6.45, 7) is 7.88. The van der Waals surface area contributed by atoms with Crippen molar-refractivity contribution in [2.45, 2.75) is 33.2 Å². The Labute approximate surface area is 127 Å². The van der Waals surface area contributed by atoms with Gasteiger partial charge in [0.2, 0.25) is 0 Å². The van der Waals surface area contributed by atoms with Gasteiger partial charge in [-0.15, -0.1) is 0 Å². The summed E-state index contributed by atoms with van der Waals surface area (Å²) in [5.74, 6) is 0. The second kappa shape index (κ2) is 9.44. The van der Waals surface area contributed by atoms with Crippen molar-refractivity contribution in [2.24, 2.45) is 0 Å². The Balaban J connectivity index is 2.20. The number of aryl methyl sites for hydroxylation is 1. The standard InChI is InChI=1S/C13H22IN3O2/c1-3-19-9-5-4-6-15-7-8-17-10-16-11(2)12(14)13(17)18/h10,15H,3-9H2,1-2H3. The van der Waals surface area contributed by atoms with E-state index in [-0.39, 0.29) is 5.56 Å². The minimum absolute atomic E-state index is 0.0474. The number of halogens is 1. The second-order valence-corrected chi connectivity index (χ2v) is 5.38. The first kappa shape index (κ1) is 16.6. The van der Waals surface area contributed by atoms with Crippen LogP contribution in [-0.2, 0) is 11.3 Å². The zero-order chi connectivity index (χ0) is 14.1. The first-order valence-electron chi connectivity index (χ1n) is 6.66. The van der Waals surface area contributed by atoms with Crippen LogP contribution in [0.4, 0.5) is 0 Å². The molecule has 0 aromatic carbocycles. The summed E-state index contributed by atoms with van der Waals surface area (Å²) < 4.78 is 7.63. The molecule has 1 heterocycles. The molecule has 0 aliphatic rings. The molecule has 108 valence electrons. The van der Waals surface area contributed by atoms with E-state index in [2.05, 4.69) is 32.9 Å². The predicted octanol–water partition coefficient (Wildman–Crippen LogP) is 1.56. The SMILES string of the molecule is CCOCCCCNCCn1cnc(C)c(I)c1=O. The maximum Gasteiger partial charge on any atom is 0.267 e. The van der Waals surface area contributed by atoms with Crippen molar-refractivity contribution in [3.8, 4) is 0 Å². The maximum atomic E-state index is 11.9. The third-order valence-electron chi connectivity index (χ3n) is 2.78. The highest BCUT2D eigenvalue weighted by molar-refractivity contribution is 14.1. The van der Waals surface area contributed by atoms with Gasteiger partial charge in [-0.2, -0.15) is 0 Å². The van der Waals surface area contributed by atoms with E-state index in [0.29, 0.717) is 10.1 Å². The molecule has 0 amide bonds. The quantitative estimate of drug-likeness (QED) is 0.523. The first-order valence-corrected chi connectivity index (χ1v) is 7.74. The van der Waals surface area contributed by atoms with Crippen LogP contribution in [0.25, 0.3) is 0 Å². The Morgan fingerprint density at radius 2 is 2.21 bits per heavy atom. The predicted molar refractivity (Wildman–Crippen MR) is 84.5 cm³/mol. The lowest BCUT2D eigenvalue weighted by atomic mass is 10.3. The molecule has 1 aromatic heterocycles. The molecule has 1 aromatic rings. The number of ether oxygens (including phenoxy) is 1. The van der Waals surface area contributed by atoms with Gasteiger partial charge in [0.15, 0.2) is 0 Å². The topological polar surface area (TPSA) is 56.1 Å². The monoisotopic (exact) mass is 379 g/mol. The Morgan fingerprint density at radius 3 is 2.95 bits per heavy atom. The van der Waals surface area contributed by atoms with Crippen molar-refractivity contribution in [1.82, 2.24) is 14.9 Å². The van der Waals surface area contributed by atoms with E-state index in [9.17, 15) is 4.79 Å². The van der Waals surface area contributed by atoms with E-state index < -0.39 is 0 Å². The second-order valence-electron chi connectivity index (χ2n) is 4.30. The Hall–Kier alpha value is -0.470. The number of unbranched alkanes of at least 4 members (excludes halogenated alkanes) is 1. The number of hydrogen-bond donors (Lipinski definition) is 1. The lowest BCUT2D eigenvalue weighted by molar-refractivity contribution is 0.143. The average Bonchev–Trinajstić information content (AvgIpc) is 2.41. The van der Waals surface area contributed by atoms with Crippen LogP contribution in [0.3, 0.4) is 0 Å². The van der Waals surface area contributed by atoms with Crippen molar-refractivity contribution < 1.29 is 4.74 Å². The molecule has 6 heteroatoms. The number of nitrogens with zero attached hydrogens (tertiary/aromatic N) is 2. The molecular weight excluding hydrogens is 357 g/mol. The maximum absolute atomic E-state index is 11.9. The Bertz CT molecular complexity index is 434. The molecule has 0 aliphatic heterocycles. The third-order valence-corrected chi connectivity index (χ3v) is 4.02. The lowest BCUT2D eigenvalue weighted by Gasteiger charge is -2.08. The van der Waals surface area contributed by atoms with E-state index in [4.69, 9.17) is 4.74 Å². The van der Waals surface area contributed by atoms with Gasteiger partial charge in [-0.05, 0) is 55.8 Å². The van der Waals surface area contributed by atoms with Crippen LogP contribution in [0.5, 0.6) is 0 Å². The summed E-state index contributed by atoms with van der Waals surface area (Å²) in [6.07, 6.45) is 3.79. The largest absolute Gasteiger partial charge is 0.382 e. The van der Waals surface area contributed by atoms with Gasteiger partial charge in [-0.3, -0.25) is 9.36 Å². The van der Waals surface area contributed by atoms with E-state index in [1.165, 1.54) is 0 Å². The number of rotatable bonds is 9. The van der Waals surface area contributed by atoms with Gasteiger partial charge in [0, 0.05) is 26.3 Å². The minimum atomic E-state index is 0.0474. The molecule has 19 heavy (non-hydrogen) atoms. The zero-order valence-electron chi connectivity index (χ0n) is 11.6. The summed E-state index contributed by atoms with van der Waals surface area (Å²) in [6, 6.07) is 0. The van der Waals surface area contributed by atoms with Crippen LogP contribution in [-0.4, -0.2) is 35.9 Å². The molecular formula is C13H22IN3O2. The first-order chi connectivity index (χ1) is 9.16. The lowest BCUT2D eigenvalue weighted by Crippen LogP contribution is -2.29. The molecule has 0 aliphatic carbocycles. The van der Waals surface area contributed by atoms with E-state index in [1.807, 2.05) is 13.8 Å². The van der Waals surface area contributed by atoms with Gasteiger partial charge >= 0.3 is 0 Å². The summed E-state index contributed by atoms with van der Waals surface area (Å²) in [7, 11) is 0. The highest BCUT2D eigenvalue weighted by Gasteiger charge is 2.04. The zero-order valence-corrected chi connectivity index (χ0v) is 13.8.